The predicted molar refractivity (Wildman–Crippen MR) is 227 cm³/mol. The molecule has 0 radical (unpaired) electrons. The molecule has 0 fully saturated rings. The molecule has 0 spiro atoms. The molecule has 0 aliphatic carbocycles. The van der Waals surface area contributed by atoms with Gasteiger partial charge in [0.2, 0.25) is 0 Å². The van der Waals surface area contributed by atoms with Gasteiger partial charge in [0.1, 0.15) is 22.3 Å². The number of hydrogen-bond acceptors (Lipinski definition) is 5. The Morgan fingerprint density at radius 1 is 0.286 bits per heavy atom. The first kappa shape index (κ1) is 31.9. The van der Waals surface area contributed by atoms with Crippen LogP contribution in [0.1, 0.15) is 0 Å². The highest BCUT2D eigenvalue weighted by atomic mass is 16.3. The second-order valence-electron chi connectivity index (χ2n) is 13.9. The summed E-state index contributed by atoms with van der Waals surface area (Å²) in [6.07, 6.45) is 0. The number of hydrogen-bond donors (Lipinski definition) is 0. The van der Waals surface area contributed by atoms with Crippen molar-refractivity contribution in [3.05, 3.63) is 188 Å². The van der Waals surface area contributed by atoms with E-state index in [1.165, 1.54) is 0 Å². The number of para-hydroxylation sites is 1. The zero-order valence-corrected chi connectivity index (χ0v) is 30.1. The van der Waals surface area contributed by atoms with E-state index in [1.54, 1.807) is 0 Å². The molecule has 3 heterocycles. The third-order valence-corrected chi connectivity index (χ3v) is 10.5. The molecule has 5 nitrogen and oxygen atoms in total. The average molecular weight is 718 g/mol. The highest BCUT2D eigenvalue weighted by molar-refractivity contribution is 6.18. The minimum Gasteiger partial charge on any atom is -0.456 e. The van der Waals surface area contributed by atoms with E-state index in [0.717, 1.165) is 93.9 Å². The number of rotatable bonds is 6. The first-order valence-corrected chi connectivity index (χ1v) is 18.7. The second kappa shape index (κ2) is 13.0. The molecular weight excluding hydrogens is 687 g/mol. The maximum Gasteiger partial charge on any atom is 0.164 e. The summed E-state index contributed by atoms with van der Waals surface area (Å²) in [5, 5.41) is 4.09. The van der Waals surface area contributed by atoms with Gasteiger partial charge in [0.15, 0.2) is 17.5 Å². The summed E-state index contributed by atoms with van der Waals surface area (Å²) in [7, 11) is 0. The lowest BCUT2D eigenvalue weighted by Gasteiger charge is -2.13. The number of fused-ring (bicyclic) bond motifs is 6. The zero-order valence-electron chi connectivity index (χ0n) is 30.1. The van der Waals surface area contributed by atoms with Crippen molar-refractivity contribution in [2.45, 2.75) is 0 Å². The molecule has 11 aromatic rings. The van der Waals surface area contributed by atoms with Gasteiger partial charge >= 0.3 is 0 Å². The minimum atomic E-state index is 0.575. The van der Waals surface area contributed by atoms with E-state index in [2.05, 4.69) is 127 Å². The van der Waals surface area contributed by atoms with E-state index in [1.807, 2.05) is 60.7 Å². The van der Waals surface area contributed by atoms with Crippen LogP contribution in [0.2, 0.25) is 0 Å². The lowest BCUT2D eigenvalue weighted by molar-refractivity contribution is 0.669. The van der Waals surface area contributed by atoms with Crippen LogP contribution in [0.4, 0.5) is 0 Å². The van der Waals surface area contributed by atoms with Crippen LogP contribution < -0.4 is 0 Å². The van der Waals surface area contributed by atoms with Gasteiger partial charge in [0.05, 0.1) is 0 Å². The fourth-order valence-electron chi connectivity index (χ4n) is 7.95. The van der Waals surface area contributed by atoms with Crippen molar-refractivity contribution in [1.29, 1.82) is 0 Å². The van der Waals surface area contributed by atoms with Crippen LogP contribution in [0.15, 0.2) is 197 Å². The zero-order chi connectivity index (χ0) is 37.0. The van der Waals surface area contributed by atoms with Gasteiger partial charge in [-0.25, -0.2) is 15.0 Å². The normalized spacial score (nSPS) is 11.6. The second-order valence-corrected chi connectivity index (χ2v) is 13.9. The summed E-state index contributed by atoms with van der Waals surface area (Å²) in [6.45, 7) is 0. The summed E-state index contributed by atoms with van der Waals surface area (Å²) in [5.41, 5.74) is 12.6. The summed E-state index contributed by atoms with van der Waals surface area (Å²) in [6, 6.07) is 64.5. The molecule has 0 bridgehead atoms. The Labute approximate surface area is 322 Å². The molecule has 5 heteroatoms. The van der Waals surface area contributed by atoms with Gasteiger partial charge in [-0.15, -0.1) is 0 Å². The molecule has 0 atom stereocenters. The van der Waals surface area contributed by atoms with Crippen molar-refractivity contribution >= 4 is 43.9 Å². The van der Waals surface area contributed by atoms with Gasteiger partial charge in [-0.3, -0.25) is 0 Å². The standard InChI is InChI=1S/C51H31N3O2/c1-4-14-32(15-5-1)35-20-12-21-37(30-35)50-52-49(34-18-8-3-9-19-34)53-51(54-50)40-23-13-25-44-47(40)41-31-36(26-28-43(41)56-44)46-38(33-16-6-2-7-17-33)27-29-45-48(46)39-22-10-11-24-42(39)55-45/h1-31H. The van der Waals surface area contributed by atoms with Crippen LogP contribution in [-0.2, 0) is 0 Å². The fourth-order valence-corrected chi connectivity index (χ4v) is 7.95. The SMILES string of the molecule is c1ccc(-c2cccc(-c3nc(-c4ccccc4)nc(-c4cccc5oc6ccc(-c7c(-c8ccccc8)ccc8oc9ccccc9c78)cc6c45)n3)c2)cc1. The van der Waals surface area contributed by atoms with Crippen LogP contribution >= 0.6 is 0 Å². The van der Waals surface area contributed by atoms with Crippen molar-refractivity contribution in [3.8, 4) is 67.5 Å². The number of benzene rings is 8. The van der Waals surface area contributed by atoms with E-state index < -0.39 is 0 Å². The largest absolute Gasteiger partial charge is 0.456 e. The number of nitrogens with zero attached hydrogens (tertiary/aromatic N) is 3. The monoisotopic (exact) mass is 717 g/mol. The van der Waals surface area contributed by atoms with Gasteiger partial charge in [-0.1, -0.05) is 152 Å². The van der Waals surface area contributed by atoms with Crippen molar-refractivity contribution in [2.24, 2.45) is 0 Å². The molecule has 0 saturated carbocycles. The minimum absolute atomic E-state index is 0.575. The van der Waals surface area contributed by atoms with Gasteiger partial charge in [-0.05, 0) is 64.2 Å². The molecule has 262 valence electrons. The molecule has 0 saturated heterocycles. The molecule has 3 aromatic heterocycles. The molecule has 0 amide bonds. The Morgan fingerprint density at radius 2 is 0.839 bits per heavy atom. The lowest BCUT2D eigenvalue weighted by atomic mass is 9.90. The summed E-state index contributed by atoms with van der Waals surface area (Å²) in [5.74, 6) is 1.78. The lowest BCUT2D eigenvalue weighted by Crippen LogP contribution is -2.00. The predicted octanol–water partition coefficient (Wildman–Crippen LogP) is 13.7. The smallest absolute Gasteiger partial charge is 0.164 e. The van der Waals surface area contributed by atoms with Crippen LogP contribution in [0.5, 0.6) is 0 Å². The van der Waals surface area contributed by atoms with Gasteiger partial charge in [0.25, 0.3) is 0 Å². The Morgan fingerprint density at radius 3 is 1.62 bits per heavy atom. The van der Waals surface area contributed by atoms with E-state index in [4.69, 9.17) is 23.8 Å². The molecule has 0 aliphatic rings. The van der Waals surface area contributed by atoms with Gasteiger partial charge < -0.3 is 8.83 Å². The summed E-state index contributed by atoms with van der Waals surface area (Å²) >= 11 is 0. The molecule has 0 N–H and O–H groups in total. The quantitative estimate of drug-likeness (QED) is 0.171. The van der Waals surface area contributed by atoms with Crippen LogP contribution in [0.3, 0.4) is 0 Å². The molecule has 11 rings (SSSR count). The molecular formula is C51H31N3O2. The topological polar surface area (TPSA) is 65.0 Å². The van der Waals surface area contributed by atoms with Crippen molar-refractivity contribution < 1.29 is 8.83 Å². The first-order chi connectivity index (χ1) is 27.7. The highest BCUT2D eigenvalue weighted by Gasteiger charge is 2.21. The van der Waals surface area contributed by atoms with Gasteiger partial charge in [0, 0.05) is 43.8 Å². The number of furan rings is 2. The van der Waals surface area contributed by atoms with Crippen molar-refractivity contribution in [2.75, 3.05) is 0 Å². The van der Waals surface area contributed by atoms with Crippen molar-refractivity contribution in [1.82, 2.24) is 15.0 Å². The van der Waals surface area contributed by atoms with E-state index in [-0.39, 0.29) is 0 Å². The molecule has 0 unspecified atom stereocenters. The third kappa shape index (κ3) is 5.37. The molecule has 56 heavy (non-hydrogen) atoms. The maximum atomic E-state index is 6.57. The third-order valence-electron chi connectivity index (χ3n) is 10.5. The Bertz CT molecular complexity index is 3240. The molecule has 8 aromatic carbocycles. The maximum absolute atomic E-state index is 6.57. The summed E-state index contributed by atoms with van der Waals surface area (Å²) in [4.78, 5) is 15.4. The Kier molecular flexibility index (Phi) is 7.42. The Hall–Kier alpha value is -7.63. The van der Waals surface area contributed by atoms with Crippen LogP contribution in [-0.4, -0.2) is 15.0 Å². The summed E-state index contributed by atoms with van der Waals surface area (Å²) < 4.78 is 13.0. The highest BCUT2D eigenvalue weighted by Crippen LogP contribution is 2.45. The van der Waals surface area contributed by atoms with Crippen LogP contribution in [0, 0.1) is 0 Å². The van der Waals surface area contributed by atoms with Crippen LogP contribution in [0.25, 0.3) is 111 Å². The fraction of sp³-hybridized carbons (Fsp3) is 0. The van der Waals surface area contributed by atoms with Crippen molar-refractivity contribution in [3.63, 3.8) is 0 Å². The molecule has 0 aliphatic heterocycles. The van der Waals surface area contributed by atoms with E-state index >= 15 is 0 Å². The Balaban J connectivity index is 1.15. The van der Waals surface area contributed by atoms with E-state index in [9.17, 15) is 0 Å². The van der Waals surface area contributed by atoms with Gasteiger partial charge in [-0.2, -0.15) is 0 Å². The first-order valence-electron chi connectivity index (χ1n) is 18.7. The average Bonchev–Trinajstić information content (AvgIpc) is 3.85. The number of aromatic nitrogens is 3. The van der Waals surface area contributed by atoms with E-state index in [0.29, 0.717) is 17.5 Å².